The van der Waals surface area contributed by atoms with Crippen molar-refractivity contribution < 1.29 is 14.3 Å². The Bertz CT molecular complexity index is 1020. The summed E-state index contributed by atoms with van der Waals surface area (Å²) in [6.45, 7) is 1.70. The molecule has 0 fully saturated rings. The molecule has 0 saturated carbocycles. The van der Waals surface area contributed by atoms with E-state index in [9.17, 15) is 14.3 Å². The second-order valence-corrected chi connectivity index (χ2v) is 6.81. The summed E-state index contributed by atoms with van der Waals surface area (Å²) in [5, 5.41) is 11.8. The molecule has 27 heavy (non-hydrogen) atoms. The molecular formula is C24H19FO2. The van der Waals surface area contributed by atoms with Crippen LogP contribution in [0.4, 0.5) is 4.39 Å². The first-order valence-electron chi connectivity index (χ1n) is 8.92. The van der Waals surface area contributed by atoms with Gasteiger partial charge >= 0.3 is 0 Å². The highest BCUT2D eigenvalue weighted by Crippen LogP contribution is 2.53. The Morgan fingerprint density at radius 2 is 1.41 bits per heavy atom. The molecule has 2 atom stereocenters. The van der Waals surface area contributed by atoms with E-state index in [1.165, 1.54) is 6.07 Å². The minimum atomic E-state index is -1.53. The molecule has 0 aromatic heterocycles. The summed E-state index contributed by atoms with van der Waals surface area (Å²) < 4.78 is 14.6. The Morgan fingerprint density at radius 3 is 2.04 bits per heavy atom. The van der Waals surface area contributed by atoms with E-state index < -0.39 is 17.3 Å². The van der Waals surface area contributed by atoms with Crippen LogP contribution in [0.1, 0.15) is 23.6 Å². The van der Waals surface area contributed by atoms with Crippen LogP contribution in [0.25, 0.3) is 11.1 Å². The van der Waals surface area contributed by atoms with Gasteiger partial charge in [-0.25, -0.2) is 4.39 Å². The van der Waals surface area contributed by atoms with Crippen molar-refractivity contribution in [2.24, 2.45) is 5.92 Å². The van der Waals surface area contributed by atoms with Crippen molar-refractivity contribution in [2.75, 3.05) is 0 Å². The molecule has 0 unspecified atom stereocenters. The number of carbonyl (C=O) groups excluding carboxylic acids is 1. The average molecular weight is 358 g/mol. The van der Waals surface area contributed by atoms with Crippen LogP contribution in [0.2, 0.25) is 0 Å². The highest BCUT2D eigenvalue weighted by Gasteiger charge is 2.52. The zero-order chi connectivity index (χ0) is 19.0. The lowest BCUT2D eigenvalue weighted by molar-refractivity contribution is -0.121. The Morgan fingerprint density at radius 1 is 0.852 bits per heavy atom. The quantitative estimate of drug-likeness (QED) is 0.727. The van der Waals surface area contributed by atoms with Crippen LogP contribution in [0.5, 0.6) is 0 Å². The summed E-state index contributed by atoms with van der Waals surface area (Å²) in [5.74, 6) is -1.46. The van der Waals surface area contributed by atoms with Crippen molar-refractivity contribution in [2.45, 2.75) is 12.5 Å². The number of Topliss-reactive ketones (excluding diaryl/α,β-unsaturated/α-hetero) is 1. The van der Waals surface area contributed by atoms with E-state index in [0.29, 0.717) is 16.7 Å². The Balaban J connectivity index is 2.09. The fourth-order valence-corrected chi connectivity index (χ4v) is 3.92. The highest BCUT2D eigenvalue weighted by atomic mass is 19.1. The molecule has 1 aliphatic carbocycles. The fraction of sp³-hybridized carbons (Fsp3) is 0.125. The third-order valence-corrected chi connectivity index (χ3v) is 5.32. The second kappa shape index (κ2) is 6.60. The van der Waals surface area contributed by atoms with Crippen LogP contribution >= 0.6 is 0 Å². The minimum Gasteiger partial charge on any atom is -0.380 e. The molecule has 1 N–H and O–H groups in total. The maximum Gasteiger partial charge on any atom is 0.170 e. The second-order valence-electron chi connectivity index (χ2n) is 6.81. The third-order valence-electron chi connectivity index (χ3n) is 5.32. The number of aliphatic hydroxyl groups is 1. The Labute approximate surface area is 157 Å². The van der Waals surface area contributed by atoms with Crippen molar-refractivity contribution in [1.29, 1.82) is 0 Å². The number of allylic oxidation sites excluding steroid dienone is 1. The van der Waals surface area contributed by atoms with Crippen LogP contribution in [0.3, 0.4) is 0 Å². The standard InChI is InChI=1S/C24H19FO2/c1-16-23(26)21(19-14-8-9-15-20(19)25)22(17-10-4-2-5-11-17)24(16,27)18-12-6-3-7-13-18/h2-16,27H,1H3/t16-,24+/m1/s1. The number of hydrogen-bond acceptors (Lipinski definition) is 2. The zero-order valence-corrected chi connectivity index (χ0v) is 14.9. The number of hydrogen-bond donors (Lipinski definition) is 1. The smallest absolute Gasteiger partial charge is 0.170 e. The predicted octanol–water partition coefficient (Wildman–Crippen LogP) is 4.84. The largest absolute Gasteiger partial charge is 0.380 e. The van der Waals surface area contributed by atoms with Crippen LogP contribution in [-0.2, 0) is 10.4 Å². The number of rotatable bonds is 3. The first-order valence-corrected chi connectivity index (χ1v) is 8.92. The van der Waals surface area contributed by atoms with Gasteiger partial charge in [-0.15, -0.1) is 0 Å². The molecule has 0 amide bonds. The topological polar surface area (TPSA) is 37.3 Å². The molecule has 0 spiro atoms. The van der Waals surface area contributed by atoms with Crippen LogP contribution < -0.4 is 0 Å². The summed E-state index contributed by atoms with van der Waals surface area (Å²) in [4.78, 5) is 13.2. The SMILES string of the molecule is C[C@@H]1C(=O)C(c2ccccc2F)=C(c2ccccc2)[C@@]1(O)c1ccccc1. The molecule has 4 rings (SSSR count). The van der Waals surface area contributed by atoms with Gasteiger partial charge in [-0.3, -0.25) is 4.79 Å². The lowest BCUT2D eigenvalue weighted by Gasteiger charge is -2.31. The summed E-state index contributed by atoms with van der Waals surface area (Å²) >= 11 is 0. The molecule has 0 radical (unpaired) electrons. The van der Waals surface area contributed by atoms with E-state index in [1.54, 1.807) is 37.3 Å². The van der Waals surface area contributed by atoms with Crippen molar-refractivity contribution in [1.82, 2.24) is 0 Å². The molecule has 2 nitrogen and oxygen atoms in total. The van der Waals surface area contributed by atoms with E-state index >= 15 is 0 Å². The number of benzene rings is 3. The van der Waals surface area contributed by atoms with Gasteiger partial charge in [0.1, 0.15) is 11.4 Å². The van der Waals surface area contributed by atoms with E-state index in [-0.39, 0.29) is 16.9 Å². The van der Waals surface area contributed by atoms with Gasteiger partial charge in [0.25, 0.3) is 0 Å². The van der Waals surface area contributed by atoms with Gasteiger partial charge in [-0.05, 0) is 17.2 Å². The molecule has 0 bridgehead atoms. The zero-order valence-electron chi connectivity index (χ0n) is 14.9. The van der Waals surface area contributed by atoms with Crippen molar-refractivity contribution in [3.8, 4) is 0 Å². The van der Waals surface area contributed by atoms with E-state index in [1.807, 2.05) is 48.5 Å². The molecule has 3 aromatic rings. The average Bonchev–Trinajstić information content (AvgIpc) is 2.92. The van der Waals surface area contributed by atoms with Gasteiger partial charge in [0.2, 0.25) is 0 Å². The summed E-state index contributed by atoms with van der Waals surface area (Å²) in [7, 11) is 0. The van der Waals surface area contributed by atoms with E-state index in [0.717, 1.165) is 0 Å². The van der Waals surface area contributed by atoms with Crippen molar-refractivity contribution in [3.63, 3.8) is 0 Å². The van der Waals surface area contributed by atoms with Crippen LogP contribution in [0, 0.1) is 11.7 Å². The maximum atomic E-state index is 14.6. The van der Waals surface area contributed by atoms with Crippen molar-refractivity contribution >= 4 is 16.9 Å². The Hall–Kier alpha value is -3.04. The fourth-order valence-electron chi connectivity index (χ4n) is 3.92. The van der Waals surface area contributed by atoms with E-state index in [4.69, 9.17) is 0 Å². The lowest BCUT2D eigenvalue weighted by Crippen LogP contribution is -2.33. The monoisotopic (exact) mass is 358 g/mol. The molecule has 1 aliphatic rings. The molecule has 0 saturated heterocycles. The number of halogens is 1. The molecule has 0 heterocycles. The van der Waals surface area contributed by atoms with Gasteiger partial charge in [-0.2, -0.15) is 0 Å². The van der Waals surface area contributed by atoms with Gasteiger partial charge in [0, 0.05) is 16.7 Å². The highest BCUT2D eigenvalue weighted by molar-refractivity contribution is 6.33. The first kappa shape index (κ1) is 17.4. The van der Waals surface area contributed by atoms with Gasteiger partial charge in [0.15, 0.2) is 5.78 Å². The maximum absolute atomic E-state index is 14.6. The van der Waals surface area contributed by atoms with Crippen LogP contribution in [-0.4, -0.2) is 10.9 Å². The molecular weight excluding hydrogens is 339 g/mol. The molecule has 3 aromatic carbocycles. The van der Waals surface area contributed by atoms with Crippen molar-refractivity contribution in [3.05, 3.63) is 107 Å². The minimum absolute atomic E-state index is 0.222. The summed E-state index contributed by atoms with van der Waals surface area (Å²) in [6, 6.07) is 24.6. The Kier molecular flexibility index (Phi) is 4.25. The van der Waals surface area contributed by atoms with Gasteiger partial charge in [-0.1, -0.05) is 85.8 Å². The first-order chi connectivity index (χ1) is 13.0. The number of carbonyl (C=O) groups is 1. The summed E-state index contributed by atoms with van der Waals surface area (Å²) in [6.07, 6.45) is 0. The third kappa shape index (κ3) is 2.63. The molecule has 0 aliphatic heterocycles. The molecule has 134 valence electrons. The van der Waals surface area contributed by atoms with E-state index in [2.05, 4.69) is 0 Å². The van der Waals surface area contributed by atoms with Gasteiger partial charge in [0.05, 0.1) is 5.92 Å². The van der Waals surface area contributed by atoms with Crippen LogP contribution in [0.15, 0.2) is 84.9 Å². The predicted molar refractivity (Wildman–Crippen MR) is 104 cm³/mol. The van der Waals surface area contributed by atoms with Gasteiger partial charge < -0.3 is 5.11 Å². The summed E-state index contributed by atoms with van der Waals surface area (Å²) in [5.41, 5.74) is 0.725. The molecule has 3 heteroatoms. The lowest BCUT2D eigenvalue weighted by atomic mass is 9.78. The normalized spacial score (nSPS) is 22.3. The number of ketones is 1.